The summed E-state index contributed by atoms with van der Waals surface area (Å²) >= 11 is 0. The van der Waals surface area contributed by atoms with Crippen LogP contribution in [-0.2, 0) is 0 Å². The molecule has 0 unspecified atom stereocenters. The second-order valence-electron chi connectivity index (χ2n) is 4.89. The summed E-state index contributed by atoms with van der Waals surface area (Å²) in [7, 11) is 0. The Hall–Kier alpha value is -1.46. The summed E-state index contributed by atoms with van der Waals surface area (Å²) in [6.07, 6.45) is -0.540. The Morgan fingerprint density at radius 1 is 1.11 bits per heavy atom. The molecule has 1 aromatic carbocycles. The number of hydrogen-bond donors (Lipinski definition) is 2. The second kappa shape index (κ2) is 5.27. The minimum Gasteiger partial charge on any atom is -0.361 e. The highest BCUT2D eigenvalue weighted by Crippen LogP contribution is 2.29. The standard InChI is InChI=1S/C14H17F2N3/c15-14(16)13(19-7-5-17-6-8-19)11-2-1-10-3-4-18-12(10)9-11/h1-4,9,13-14,17-18H,5-8H2/t13-/m0/s1. The summed E-state index contributed by atoms with van der Waals surface area (Å²) in [4.78, 5) is 4.95. The molecule has 2 aromatic rings. The number of benzene rings is 1. The van der Waals surface area contributed by atoms with Gasteiger partial charge in [-0.3, -0.25) is 4.90 Å². The second-order valence-corrected chi connectivity index (χ2v) is 4.89. The van der Waals surface area contributed by atoms with E-state index in [1.165, 1.54) is 0 Å². The third-order valence-electron chi connectivity index (χ3n) is 3.70. The van der Waals surface area contributed by atoms with Crippen molar-refractivity contribution in [3.05, 3.63) is 36.0 Å². The molecular weight excluding hydrogens is 248 g/mol. The lowest BCUT2D eigenvalue weighted by Crippen LogP contribution is -2.46. The van der Waals surface area contributed by atoms with Crippen LogP contribution in [0.15, 0.2) is 30.5 Å². The molecule has 0 amide bonds. The fourth-order valence-corrected chi connectivity index (χ4v) is 2.73. The van der Waals surface area contributed by atoms with Crippen LogP contribution in [0, 0.1) is 0 Å². The minimum absolute atomic E-state index is 0.664. The third kappa shape index (κ3) is 2.48. The van der Waals surface area contributed by atoms with E-state index in [2.05, 4.69) is 10.3 Å². The number of hydrogen-bond acceptors (Lipinski definition) is 2. The summed E-state index contributed by atoms with van der Waals surface area (Å²) in [5.41, 5.74) is 1.60. The summed E-state index contributed by atoms with van der Waals surface area (Å²) in [5.74, 6) is 0. The zero-order chi connectivity index (χ0) is 13.2. The van der Waals surface area contributed by atoms with Crippen molar-refractivity contribution in [2.24, 2.45) is 0 Å². The van der Waals surface area contributed by atoms with Gasteiger partial charge in [0, 0.05) is 37.9 Å². The molecule has 0 aliphatic carbocycles. The van der Waals surface area contributed by atoms with Gasteiger partial charge in [0.15, 0.2) is 0 Å². The lowest BCUT2D eigenvalue weighted by Gasteiger charge is -2.34. The zero-order valence-corrected chi connectivity index (χ0v) is 10.6. The maximum atomic E-state index is 13.4. The molecule has 0 spiro atoms. The first kappa shape index (κ1) is 12.6. The van der Waals surface area contributed by atoms with Crippen molar-refractivity contribution in [1.82, 2.24) is 15.2 Å². The quantitative estimate of drug-likeness (QED) is 0.892. The Bertz CT molecular complexity index is 546. The number of piperazine rings is 1. The van der Waals surface area contributed by atoms with Crippen molar-refractivity contribution in [3.63, 3.8) is 0 Å². The number of H-pyrrole nitrogens is 1. The van der Waals surface area contributed by atoms with Crippen LogP contribution in [0.3, 0.4) is 0 Å². The molecule has 19 heavy (non-hydrogen) atoms. The normalized spacial score (nSPS) is 19.1. The van der Waals surface area contributed by atoms with Gasteiger partial charge in [0.05, 0.1) is 6.04 Å². The van der Waals surface area contributed by atoms with Crippen LogP contribution in [0.4, 0.5) is 8.78 Å². The van der Waals surface area contributed by atoms with Gasteiger partial charge in [0.2, 0.25) is 0 Å². The van der Waals surface area contributed by atoms with Crippen LogP contribution in [0.25, 0.3) is 10.9 Å². The van der Waals surface area contributed by atoms with Crippen molar-refractivity contribution in [2.45, 2.75) is 12.5 Å². The lowest BCUT2D eigenvalue weighted by molar-refractivity contribution is 0.0182. The smallest absolute Gasteiger partial charge is 0.258 e. The Morgan fingerprint density at radius 3 is 2.63 bits per heavy atom. The number of aromatic amines is 1. The van der Waals surface area contributed by atoms with Crippen molar-refractivity contribution >= 4 is 10.9 Å². The van der Waals surface area contributed by atoms with E-state index in [1.54, 1.807) is 0 Å². The van der Waals surface area contributed by atoms with Crippen molar-refractivity contribution in [1.29, 1.82) is 0 Å². The Kier molecular flexibility index (Phi) is 3.48. The molecule has 1 aromatic heterocycles. The highest BCUT2D eigenvalue weighted by atomic mass is 19.3. The molecule has 3 rings (SSSR count). The zero-order valence-electron chi connectivity index (χ0n) is 10.6. The molecule has 2 N–H and O–H groups in total. The number of nitrogens with zero attached hydrogens (tertiary/aromatic N) is 1. The molecule has 1 aliphatic rings. The SMILES string of the molecule is FC(F)[C@H](c1ccc2cc[nH]c2c1)N1CCNCC1. The van der Waals surface area contributed by atoms with Crippen LogP contribution < -0.4 is 5.32 Å². The van der Waals surface area contributed by atoms with Crippen molar-refractivity contribution < 1.29 is 8.78 Å². The van der Waals surface area contributed by atoms with Gasteiger partial charge >= 0.3 is 0 Å². The van der Waals surface area contributed by atoms with Crippen LogP contribution in [0.1, 0.15) is 11.6 Å². The van der Waals surface area contributed by atoms with Crippen LogP contribution in [-0.4, -0.2) is 42.5 Å². The van der Waals surface area contributed by atoms with E-state index < -0.39 is 12.5 Å². The lowest BCUT2D eigenvalue weighted by atomic mass is 10.0. The van der Waals surface area contributed by atoms with E-state index in [4.69, 9.17) is 0 Å². The number of fused-ring (bicyclic) bond motifs is 1. The van der Waals surface area contributed by atoms with Gasteiger partial charge < -0.3 is 10.3 Å². The summed E-state index contributed by atoms with van der Waals surface area (Å²) in [5, 5.41) is 4.25. The van der Waals surface area contributed by atoms with Crippen molar-refractivity contribution in [3.8, 4) is 0 Å². The third-order valence-corrected chi connectivity index (χ3v) is 3.70. The first-order valence-electron chi connectivity index (χ1n) is 6.55. The first-order valence-corrected chi connectivity index (χ1v) is 6.55. The minimum atomic E-state index is -2.37. The summed E-state index contributed by atoms with van der Waals surface area (Å²) < 4.78 is 26.8. The Morgan fingerprint density at radius 2 is 1.89 bits per heavy atom. The van der Waals surface area contributed by atoms with Gasteiger partial charge in [-0.05, 0) is 23.1 Å². The van der Waals surface area contributed by atoms with E-state index in [1.807, 2.05) is 35.4 Å². The number of halogens is 2. The van der Waals surface area contributed by atoms with Crippen LogP contribution in [0.2, 0.25) is 0 Å². The predicted molar refractivity (Wildman–Crippen MR) is 71.5 cm³/mol. The highest BCUT2D eigenvalue weighted by Gasteiger charge is 2.30. The monoisotopic (exact) mass is 265 g/mol. The molecule has 5 heteroatoms. The number of nitrogens with one attached hydrogen (secondary N) is 2. The molecule has 1 aliphatic heterocycles. The van der Waals surface area contributed by atoms with E-state index in [0.717, 1.165) is 24.0 Å². The van der Waals surface area contributed by atoms with Crippen LogP contribution >= 0.6 is 0 Å². The topological polar surface area (TPSA) is 31.1 Å². The van der Waals surface area contributed by atoms with Gasteiger partial charge in [-0.25, -0.2) is 8.78 Å². The van der Waals surface area contributed by atoms with Crippen molar-refractivity contribution in [2.75, 3.05) is 26.2 Å². The maximum Gasteiger partial charge on any atom is 0.258 e. The van der Waals surface area contributed by atoms with Crippen LogP contribution in [0.5, 0.6) is 0 Å². The number of aromatic nitrogens is 1. The molecule has 2 heterocycles. The van der Waals surface area contributed by atoms with E-state index in [0.29, 0.717) is 18.7 Å². The Labute approximate surface area is 110 Å². The van der Waals surface area contributed by atoms with E-state index in [-0.39, 0.29) is 0 Å². The van der Waals surface area contributed by atoms with Gasteiger partial charge in [0.1, 0.15) is 0 Å². The molecule has 0 bridgehead atoms. The van der Waals surface area contributed by atoms with Gasteiger partial charge in [0.25, 0.3) is 6.43 Å². The molecule has 102 valence electrons. The largest absolute Gasteiger partial charge is 0.361 e. The Balaban J connectivity index is 1.93. The van der Waals surface area contributed by atoms with Gasteiger partial charge in [-0.1, -0.05) is 12.1 Å². The number of rotatable bonds is 3. The summed E-state index contributed by atoms with van der Waals surface area (Å²) in [6, 6.07) is 6.69. The molecule has 0 saturated carbocycles. The molecular formula is C14H17F2N3. The average molecular weight is 265 g/mol. The average Bonchev–Trinajstić information content (AvgIpc) is 2.87. The predicted octanol–water partition coefficient (Wildman–Crippen LogP) is 2.38. The van der Waals surface area contributed by atoms with Gasteiger partial charge in [-0.2, -0.15) is 0 Å². The fraction of sp³-hybridized carbons (Fsp3) is 0.429. The van der Waals surface area contributed by atoms with E-state index >= 15 is 0 Å². The first-order chi connectivity index (χ1) is 9.25. The molecule has 1 atom stereocenters. The molecule has 0 radical (unpaired) electrons. The van der Waals surface area contributed by atoms with Gasteiger partial charge in [-0.15, -0.1) is 0 Å². The molecule has 3 nitrogen and oxygen atoms in total. The number of alkyl halides is 2. The highest BCUT2D eigenvalue weighted by molar-refractivity contribution is 5.80. The van der Waals surface area contributed by atoms with E-state index in [9.17, 15) is 8.78 Å². The molecule has 1 fully saturated rings. The maximum absolute atomic E-state index is 13.4. The summed E-state index contributed by atoms with van der Waals surface area (Å²) in [6.45, 7) is 2.87. The molecule has 1 saturated heterocycles. The fourth-order valence-electron chi connectivity index (χ4n) is 2.73.